The standard InChI is InChI=1S/C29H29BrN4O5/c1-16(2)20-13-21(17(3)10-24(20)37-4)28-33-23-9-7-6-8-19(23)29(36)34(28)32-14-18-11-22(30)27(25(12-18)38-5)39-15-26(31)35/h6-14,16H,15H2,1-5H3,(H2,31,35). The Hall–Kier alpha value is -4.18. The number of nitrogens with two attached hydrogens (primary N) is 1. The summed E-state index contributed by atoms with van der Waals surface area (Å²) in [7, 11) is 3.12. The number of carbonyl (C=O) groups is 1. The van der Waals surface area contributed by atoms with Crippen LogP contribution in [0.3, 0.4) is 0 Å². The van der Waals surface area contributed by atoms with Crippen molar-refractivity contribution in [2.24, 2.45) is 10.8 Å². The number of aromatic nitrogens is 2. The van der Waals surface area contributed by atoms with Gasteiger partial charge in [0.1, 0.15) is 5.75 Å². The molecule has 2 N–H and O–H groups in total. The number of para-hydroxylation sites is 1. The maximum Gasteiger partial charge on any atom is 0.282 e. The Morgan fingerprint density at radius 2 is 1.85 bits per heavy atom. The van der Waals surface area contributed by atoms with E-state index in [0.717, 1.165) is 22.4 Å². The van der Waals surface area contributed by atoms with E-state index in [1.807, 2.05) is 31.2 Å². The van der Waals surface area contributed by atoms with Crippen molar-refractivity contribution in [3.63, 3.8) is 0 Å². The van der Waals surface area contributed by atoms with E-state index < -0.39 is 5.91 Å². The summed E-state index contributed by atoms with van der Waals surface area (Å²) >= 11 is 3.45. The minimum atomic E-state index is -0.611. The number of nitrogens with zero attached hydrogens (tertiary/aromatic N) is 3. The number of hydrogen-bond acceptors (Lipinski definition) is 7. The average Bonchev–Trinajstić information content (AvgIpc) is 2.91. The van der Waals surface area contributed by atoms with Gasteiger partial charge in [0.05, 0.1) is 35.8 Å². The molecule has 10 heteroatoms. The zero-order chi connectivity index (χ0) is 28.3. The number of fused-ring (bicyclic) bond motifs is 1. The van der Waals surface area contributed by atoms with Crippen LogP contribution >= 0.6 is 15.9 Å². The summed E-state index contributed by atoms with van der Waals surface area (Å²) in [5.41, 5.74) is 8.75. The van der Waals surface area contributed by atoms with Crippen molar-refractivity contribution in [3.8, 4) is 28.6 Å². The fraction of sp³-hybridized carbons (Fsp3) is 0.241. The zero-order valence-corrected chi connectivity index (χ0v) is 23.9. The number of methoxy groups -OCH3 is 2. The molecule has 39 heavy (non-hydrogen) atoms. The molecule has 0 bridgehead atoms. The second kappa shape index (κ2) is 11.7. The van der Waals surface area contributed by atoms with E-state index in [-0.39, 0.29) is 18.1 Å². The number of hydrogen-bond donors (Lipinski definition) is 1. The van der Waals surface area contributed by atoms with Gasteiger partial charge in [-0.2, -0.15) is 9.78 Å². The molecule has 0 aliphatic heterocycles. The monoisotopic (exact) mass is 592 g/mol. The molecular formula is C29H29BrN4O5. The molecule has 0 aliphatic carbocycles. The van der Waals surface area contributed by atoms with Crippen LogP contribution in [0.1, 0.15) is 36.5 Å². The number of carbonyl (C=O) groups excluding carboxylic acids is 1. The predicted octanol–water partition coefficient (Wildman–Crippen LogP) is 5.02. The van der Waals surface area contributed by atoms with Gasteiger partial charge in [-0.05, 0) is 81.9 Å². The number of ether oxygens (including phenoxy) is 3. The van der Waals surface area contributed by atoms with Crippen molar-refractivity contribution in [2.75, 3.05) is 20.8 Å². The van der Waals surface area contributed by atoms with Crippen LogP contribution < -0.4 is 25.5 Å². The van der Waals surface area contributed by atoms with Crippen molar-refractivity contribution in [2.45, 2.75) is 26.7 Å². The lowest BCUT2D eigenvalue weighted by Gasteiger charge is -2.17. The third kappa shape index (κ3) is 5.80. The van der Waals surface area contributed by atoms with Crippen LogP contribution in [0, 0.1) is 6.92 Å². The lowest BCUT2D eigenvalue weighted by Crippen LogP contribution is -2.21. The van der Waals surface area contributed by atoms with Crippen LogP contribution in [-0.4, -0.2) is 42.6 Å². The van der Waals surface area contributed by atoms with E-state index in [0.29, 0.717) is 38.3 Å². The van der Waals surface area contributed by atoms with Gasteiger partial charge in [-0.15, -0.1) is 0 Å². The minimum absolute atomic E-state index is 0.184. The largest absolute Gasteiger partial charge is 0.496 e. The van der Waals surface area contributed by atoms with Gasteiger partial charge in [-0.25, -0.2) is 4.98 Å². The van der Waals surface area contributed by atoms with Gasteiger partial charge >= 0.3 is 0 Å². The number of rotatable bonds is 9. The van der Waals surface area contributed by atoms with E-state index in [1.165, 1.54) is 18.0 Å². The van der Waals surface area contributed by atoms with Crippen LogP contribution in [0.15, 0.2) is 62.9 Å². The molecule has 0 saturated heterocycles. The third-order valence-corrected chi connectivity index (χ3v) is 6.72. The highest BCUT2D eigenvalue weighted by Gasteiger charge is 2.19. The van der Waals surface area contributed by atoms with Crippen molar-refractivity contribution in [1.82, 2.24) is 9.66 Å². The second-order valence-electron chi connectivity index (χ2n) is 9.17. The second-order valence-corrected chi connectivity index (χ2v) is 10.0. The fourth-order valence-corrected chi connectivity index (χ4v) is 4.77. The van der Waals surface area contributed by atoms with Gasteiger partial charge in [0.25, 0.3) is 11.5 Å². The average molecular weight is 593 g/mol. The Morgan fingerprint density at radius 3 is 2.51 bits per heavy atom. The highest BCUT2D eigenvalue weighted by Crippen LogP contribution is 2.37. The summed E-state index contributed by atoms with van der Waals surface area (Å²) in [6.45, 7) is 5.81. The Balaban J connectivity index is 1.90. The molecule has 0 unspecified atom stereocenters. The molecule has 0 fully saturated rings. The molecule has 1 aromatic heterocycles. The van der Waals surface area contributed by atoms with Crippen LogP contribution in [0.25, 0.3) is 22.3 Å². The first-order chi connectivity index (χ1) is 18.6. The summed E-state index contributed by atoms with van der Waals surface area (Å²) in [5.74, 6) is 1.45. The summed E-state index contributed by atoms with van der Waals surface area (Å²) < 4.78 is 18.4. The number of amides is 1. The Kier molecular flexibility index (Phi) is 8.35. The molecule has 0 atom stereocenters. The first-order valence-corrected chi connectivity index (χ1v) is 13.0. The molecule has 0 spiro atoms. The Morgan fingerprint density at radius 1 is 1.13 bits per heavy atom. The third-order valence-electron chi connectivity index (χ3n) is 6.13. The molecule has 1 heterocycles. The molecule has 0 saturated carbocycles. The van der Waals surface area contributed by atoms with Gasteiger partial charge in [-0.3, -0.25) is 9.59 Å². The predicted molar refractivity (Wildman–Crippen MR) is 155 cm³/mol. The van der Waals surface area contributed by atoms with Crippen LogP contribution in [0.4, 0.5) is 0 Å². The summed E-state index contributed by atoms with van der Waals surface area (Å²) in [6, 6.07) is 14.5. The number of aryl methyl sites for hydroxylation is 1. The van der Waals surface area contributed by atoms with Crippen LogP contribution in [-0.2, 0) is 4.79 Å². The zero-order valence-electron chi connectivity index (χ0n) is 22.3. The van der Waals surface area contributed by atoms with E-state index in [1.54, 1.807) is 31.4 Å². The molecule has 4 aromatic rings. The molecule has 202 valence electrons. The van der Waals surface area contributed by atoms with Crippen molar-refractivity contribution in [3.05, 3.63) is 80.0 Å². The normalized spacial score (nSPS) is 11.4. The Bertz CT molecular complexity index is 1650. The lowest BCUT2D eigenvalue weighted by atomic mass is 9.96. The van der Waals surface area contributed by atoms with Crippen molar-refractivity contribution < 1.29 is 19.0 Å². The summed E-state index contributed by atoms with van der Waals surface area (Å²) in [6.07, 6.45) is 1.54. The topological polar surface area (TPSA) is 118 Å². The molecule has 9 nitrogen and oxygen atoms in total. The van der Waals surface area contributed by atoms with Gasteiger partial charge in [0.2, 0.25) is 0 Å². The highest BCUT2D eigenvalue weighted by atomic mass is 79.9. The van der Waals surface area contributed by atoms with Gasteiger partial charge in [-0.1, -0.05) is 26.0 Å². The first-order valence-electron chi connectivity index (χ1n) is 12.2. The highest BCUT2D eigenvalue weighted by molar-refractivity contribution is 9.10. The quantitative estimate of drug-likeness (QED) is 0.273. The van der Waals surface area contributed by atoms with E-state index >= 15 is 0 Å². The van der Waals surface area contributed by atoms with Crippen LogP contribution in [0.5, 0.6) is 17.2 Å². The smallest absolute Gasteiger partial charge is 0.282 e. The maximum absolute atomic E-state index is 13.7. The fourth-order valence-electron chi connectivity index (χ4n) is 4.19. The SMILES string of the molecule is COc1cc(C)c(-c2nc3ccccc3c(=O)n2N=Cc2cc(Br)c(OCC(N)=O)c(OC)c2)cc1C(C)C. The molecule has 0 aliphatic rings. The van der Waals surface area contributed by atoms with Gasteiger partial charge in [0, 0.05) is 5.56 Å². The summed E-state index contributed by atoms with van der Waals surface area (Å²) in [4.78, 5) is 29.7. The van der Waals surface area contributed by atoms with Crippen molar-refractivity contribution in [1.29, 1.82) is 0 Å². The van der Waals surface area contributed by atoms with E-state index in [9.17, 15) is 9.59 Å². The molecule has 4 rings (SSSR count). The summed E-state index contributed by atoms with van der Waals surface area (Å²) in [5, 5.41) is 5.02. The van der Waals surface area contributed by atoms with Crippen molar-refractivity contribution >= 4 is 39.0 Å². The van der Waals surface area contributed by atoms with E-state index in [2.05, 4.69) is 34.9 Å². The number of halogens is 1. The maximum atomic E-state index is 13.7. The molecule has 0 radical (unpaired) electrons. The molecule has 3 aromatic carbocycles. The first kappa shape index (κ1) is 27.8. The number of primary amides is 1. The van der Waals surface area contributed by atoms with Crippen LogP contribution in [0.2, 0.25) is 0 Å². The minimum Gasteiger partial charge on any atom is -0.496 e. The van der Waals surface area contributed by atoms with Gasteiger partial charge in [0.15, 0.2) is 23.9 Å². The lowest BCUT2D eigenvalue weighted by molar-refractivity contribution is -0.119. The van der Waals surface area contributed by atoms with Gasteiger partial charge < -0.3 is 19.9 Å². The molecule has 1 amide bonds. The Labute approximate surface area is 234 Å². The number of benzene rings is 3. The molecular weight excluding hydrogens is 564 g/mol. The van der Waals surface area contributed by atoms with E-state index in [4.69, 9.17) is 24.9 Å².